The van der Waals surface area contributed by atoms with Gasteiger partial charge in [0, 0.05) is 18.5 Å². The summed E-state index contributed by atoms with van der Waals surface area (Å²) in [4.78, 5) is 15.1. The largest absolute Gasteiger partial charge is 0.486 e. The molecular weight excluding hydrogens is 341 g/mol. The van der Waals surface area contributed by atoms with Crippen LogP contribution in [0.4, 0.5) is 4.39 Å². The number of hydrogen-bond donors (Lipinski definition) is 0. The molecule has 3 rings (SSSR count). The first-order chi connectivity index (χ1) is 12.0. The summed E-state index contributed by atoms with van der Waals surface area (Å²) < 4.78 is 24.4. The minimum absolute atomic E-state index is 0.0100. The number of ether oxygens (including phenoxy) is 2. The Morgan fingerprint density at radius 2 is 1.96 bits per heavy atom. The fourth-order valence-electron chi connectivity index (χ4n) is 2.65. The molecule has 25 heavy (non-hydrogen) atoms. The highest BCUT2D eigenvalue weighted by Gasteiger charge is 2.20. The van der Waals surface area contributed by atoms with Gasteiger partial charge in [0.2, 0.25) is 5.91 Å². The van der Waals surface area contributed by atoms with Gasteiger partial charge in [-0.3, -0.25) is 4.79 Å². The van der Waals surface area contributed by atoms with Crippen molar-refractivity contribution in [3.8, 4) is 11.5 Å². The lowest BCUT2D eigenvalue weighted by molar-refractivity contribution is -0.129. The van der Waals surface area contributed by atoms with Gasteiger partial charge < -0.3 is 14.4 Å². The number of benzene rings is 2. The number of halogens is 1. The van der Waals surface area contributed by atoms with E-state index < -0.39 is 0 Å². The van der Waals surface area contributed by atoms with Gasteiger partial charge in [-0.2, -0.15) is 0 Å². The predicted molar refractivity (Wildman–Crippen MR) is 95.6 cm³/mol. The van der Waals surface area contributed by atoms with Crippen LogP contribution in [0.2, 0.25) is 0 Å². The lowest BCUT2D eigenvalue weighted by Crippen LogP contribution is -2.32. The van der Waals surface area contributed by atoms with Crippen LogP contribution in [0.3, 0.4) is 0 Å². The summed E-state index contributed by atoms with van der Waals surface area (Å²) >= 11 is 1.47. The molecule has 0 fully saturated rings. The smallest absolute Gasteiger partial charge is 0.235 e. The van der Waals surface area contributed by atoms with Crippen molar-refractivity contribution in [1.82, 2.24) is 4.90 Å². The van der Waals surface area contributed by atoms with Gasteiger partial charge in [0.25, 0.3) is 0 Å². The lowest BCUT2D eigenvalue weighted by atomic mass is 10.2. The molecule has 0 radical (unpaired) electrons. The van der Waals surface area contributed by atoms with E-state index in [1.54, 1.807) is 18.0 Å². The van der Waals surface area contributed by atoms with Crippen molar-refractivity contribution in [2.45, 2.75) is 23.6 Å². The molecule has 0 aromatic heterocycles. The maximum Gasteiger partial charge on any atom is 0.235 e. The van der Waals surface area contributed by atoms with E-state index in [4.69, 9.17) is 9.47 Å². The molecule has 1 amide bonds. The molecule has 0 saturated heterocycles. The Morgan fingerprint density at radius 1 is 1.20 bits per heavy atom. The second kappa shape index (κ2) is 7.78. The number of thioether (sulfide) groups is 1. The normalized spacial score (nSPS) is 14.0. The first-order valence-electron chi connectivity index (χ1n) is 8.08. The third kappa shape index (κ3) is 4.45. The van der Waals surface area contributed by atoms with Crippen LogP contribution in [0.25, 0.3) is 0 Å². The molecule has 6 heteroatoms. The first-order valence-corrected chi connectivity index (χ1v) is 8.96. The Morgan fingerprint density at radius 3 is 2.72 bits per heavy atom. The van der Waals surface area contributed by atoms with Crippen molar-refractivity contribution in [2.24, 2.45) is 0 Å². The molecule has 2 aromatic rings. The number of carbonyl (C=O) groups is 1. The van der Waals surface area contributed by atoms with E-state index in [1.165, 1.54) is 23.9 Å². The highest BCUT2D eigenvalue weighted by atomic mass is 32.2. The molecule has 0 N–H and O–H groups in total. The Hall–Kier alpha value is -2.21. The van der Waals surface area contributed by atoms with Crippen LogP contribution in [-0.2, 0) is 11.3 Å². The zero-order valence-corrected chi connectivity index (χ0v) is 15.0. The average Bonchev–Trinajstić information content (AvgIpc) is 2.61. The summed E-state index contributed by atoms with van der Waals surface area (Å²) in [5.74, 6) is 1.14. The Labute approximate surface area is 150 Å². The van der Waals surface area contributed by atoms with E-state index in [0.29, 0.717) is 25.5 Å². The molecular formula is C19H20FNO3S. The molecule has 1 atom stereocenters. The van der Waals surface area contributed by atoms with Crippen LogP contribution >= 0.6 is 11.8 Å². The predicted octanol–water partition coefficient (Wildman–Crippen LogP) is 3.74. The molecule has 4 nitrogen and oxygen atoms in total. The fourth-order valence-corrected chi connectivity index (χ4v) is 3.66. The van der Waals surface area contributed by atoms with Crippen LogP contribution in [-0.4, -0.2) is 36.3 Å². The van der Waals surface area contributed by atoms with Gasteiger partial charge in [0.15, 0.2) is 11.5 Å². The summed E-state index contributed by atoms with van der Waals surface area (Å²) in [6.45, 7) is 3.33. The van der Waals surface area contributed by atoms with Crippen molar-refractivity contribution >= 4 is 17.7 Å². The van der Waals surface area contributed by atoms with Crippen molar-refractivity contribution in [2.75, 3.05) is 20.3 Å². The first kappa shape index (κ1) is 17.6. The second-order valence-electron chi connectivity index (χ2n) is 5.89. The van der Waals surface area contributed by atoms with Crippen molar-refractivity contribution in [3.63, 3.8) is 0 Å². The van der Waals surface area contributed by atoms with E-state index in [2.05, 4.69) is 0 Å². The average molecular weight is 361 g/mol. The van der Waals surface area contributed by atoms with Gasteiger partial charge in [0.05, 0.1) is 5.25 Å². The van der Waals surface area contributed by atoms with E-state index in [9.17, 15) is 9.18 Å². The van der Waals surface area contributed by atoms with Crippen LogP contribution in [0.15, 0.2) is 47.4 Å². The van der Waals surface area contributed by atoms with Crippen LogP contribution in [0, 0.1) is 5.82 Å². The zero-order chi connectivity index (χ0) is 17.8. The highest BCUT2D eigenvalue weighted by Crippen LogP contribution is 2.35. The number of carbonyl (C=O) groups excluding carboxylic acids is 1. The van der Waals surface area contributed by atoms with Crippen LogP contribution in [0.1, 0.15) is 12.5 Å². The molecule has 1 aliphatic rings. The van der Waals surface area contributed by atoms with Gasteiger partial charge in [-0.1, -0.05) is 12.1 Å². The number of hydrogen-bond acceptors (Lipinski definition) is 4. The van der Waals surface area contributed by atoms with Crippen molar-refractivity contribution in [3.05, 3.63) is 53.8 Å². The van der Waals surface area contributed by atoms with Crippen LogP contribution < -0.4 is 9.47 Å². The molecule has 0 bridgehead atoms. The summed E-state index contributed by atoms with van der Waals surface area (Å²) in [5.41, 5.74) is 0.771. The van der Waals surface area contributed by atoms with E-state index >= 15 is 0 Å². The molecule has 0 spiro atoms. The van der Waals surface area contributed by atoms with Gasteiger partial charge >= 0.3 is 0 Å². The summed E-state index contributed by atoms with van der Waals surface area (Å²) in [6.07, 6.45) is 0. The van der Waals surface area contributed by atoms with Crippen molar-refractivity contribution < 1.29 is 18.7 Å². The van der Waals surface area contributed by atoms with Crippen molar-refractivity contribution in [1.29, 1.82) is 0 Å². The van der Waals surface area contributed by atoms with Gasteiger partial charge in [0.1, 0.15) is 19.0 Å². The number of nitrogens with zero attached hydrogens (tertiary/aromatic N) is 1. The maximum absolute atomic E-state index is 13.3. The van der Waals surface area contributed by atoms with E-state index in [0.717, 1.165) is 16.2 Å². The lowest BCUT2D eigenvalue weighted by Gasteiger charge is -2.22. The molecule has 1 unspecified atom stereocenters. The minimum atomic E-state index is -0.294. The third-order valence-electron chi connectivity index (χ3n) is 3.86. The SMILES string of the molecule is CC(Sc1ccc2c(c1)OCCO2)C(=O)N(C)Cc1cccc(F)c1. The maximum atomic E-state index is 13.3. The van der Waals surface area contributed by atoms with Gasteiger partial charge in [-0.15, -0.1) is 11.8 Å². The minimum Gasteiger partial charge on any atom is -0.486 e. The number of rotatable bonds is 5. The molecule has 132 valence electrons. The zero-order valence-electron chi connectivity index (χ0n) is 14.2. The van der Waals surface area contributed by atoms with Gasteiger partial charge in [-0.05, 0) is 42.8 Å². The monoisotopic (exact) mass is 361 g/mol. The fraction of sp³-hybridized carbons (Fsp3) is 0.316. The summed E-state index contributed by atoms with van der Waals surface area (Å²) in [5, 5.41) is -0.263. The molecule has 1 aliphatic heterocycles. The third-order valence-corrected chi connectivity index (χ3v) is 4.94. The number of fused-ring (bicyclic) bond motifs is 1. The molecule has 2 aromatic carbocycles. The van der Waals surface area contributed by atoms with E-state index in [1.807, 2.05) is 31.2 Å². The second-order valence-corrected chi connectivity index (χ2v) is 7.30. The topological polar surface area (TPSA) is 38.8 Å². The Balaban J connectivity index is 1.62. The highest BCUT2D eigenvalue weighted by molar-refractivity contribution is 8.00. The molecule has 1 heterocycles. The molecule has 0 saturated carbocycles. The molecule has 0 aliphatic carbocycles. The quantitative estimate of drug-likeness (QED) is 0.761. The Bertz CT molecular complexity index is 768. The van der Waals surface area contributed by atoms with Crippen LogP contribution in [0.5, 0.6) is 11.5 Å². The Kier molecular flexibility index (Phi) is 5.48. The summed E-state index contributed by atoms with van der Waals surface area (Å²) in [6, 6.07) is 12.0. The number of amides is 1. The van der Waals surface area contributed by atoms with E-state index in [-0.39, 0.29) is 17.0 Å². The standard InChI is InChI=1S/C19H20FNO3S/c1-13(19(22)21(2)12-14-4-3-5-15(20)10-14)25-16-6-7-17-18(11-16)24-9-8-23-17/h3-7,10-11,13H,8-9,12H2,1-2H3. The van der Waals surface area contributed by atoms with Gasteiger partial charge in [-0.25, -0.2) is 4.39 Å². The summed E-state index contributed by atoms with van der Waals surface area (Å²) in [7, 11) is 1.73.